The molecule has 1 aromatic heterocycles. The molecule has 0 bridgehead atoms. The second-order valence-electron chi connectivity index (χ2n) is 6.97. The topological polar surface area (TPSA) is 62.6 Å². The van der Waals surface area contributed by atoms with Crippen molar-refractivity contribution in [3.8, 4) is 11.3 Å². The van der Waals surface area contributed by atoms with Crippen molar-refractivity contribution in [2.75, 3.05) is 33.2 Å². The van der Waals surface area contributed by atoms with Crippen LogP contribution in [0.5, 0.6) is 0 Å². The number of rotatable bonds is 5. The summed E-state index contributed by atoms with van der Waals surface area (Å²) in [4.78, 5) is 21.8. The van der Waals surface area contributed by atoms with Gasteiger partial charge in [-0.1, -0.05) is 42.1 Å². The molecule has 2 aromatic rings. The quantitative estimate of drug-likeness (QED) is 0.561. The van der Waals surface area contributed by atoms with Gasteiger partial charge in [0, 0.05) is 5.56 Å². The van der Waals surface area contributed by atoms with Gasteiger partial charge in [0.1, 0.15) is 5.69 Å². The Morgan fingerprint density at radius 1 is 1.21 bits per heavy atom. The van der Waals surface area contributed by atoms with Gasteiger partial charge in [-0.05, 0) is 13.0 Å². The Bertz CT molecular complexity index is 841. The first-order chi connectivity index (χ1) is 13.7. The van der Waals surface area contributed by atoms with E-state index in [4.69, 9.17) is 0 Å². The first-order valence-electron chi connectivity index (χ1n) is 9.27. The van der Waals surface area contributed by atoms with Gasteiger partial charge < -0.3 is 4.90 Å². The van der Waals surface area contributed by atoms with Crippen molar-refractivity contribution < 1.29 is 22.9 Å². The van der Waals surface area contributed by atoms with Crippen LogP contribution in [0, 0.1) is 0 Å². The molecule has 2 N–H and O–H groups in total. The second-order valence-corrected chi connectivity index (χ2v) is 8.27. The van der Waals surface area contributed by atoms with Crippen LogP contribution in [-0.2, 0) is 11.0 Å². The zero-order valence-electron chi connectivity index (χ0n) is 16.2. The van der Waals surface area contributed by atoms with Gasteiger partial charge in [0.15, 0.2) is 5.16 Å². The van der Waals surface area contributed by atoms with Crippen molar-refractivity contribution >= 4 is 17.7 Å². The third kappa shape index (κ3) is 5.91. The summed E-state index contributed by atoms with van der Waals surface area (Å²) in [5, 5.41) is 1.12. The Morgan fingerprint density at radius 2 is 1.86 bits per heavy atom. The predicted molar refractivity (Wildman–Crippen MR) is 104 cm³/mol. The van der Waals surface area contributed by atoms with E-state index in [0.717, 1.165) is 44.0 Å². The number of thioether (sulfide) groups is 1. The molecule has 1 aromatic carbocycles. The zero-order valence-corrected chi connectivity index (χ0v) is 17.0. The average Bonchev–Trinajstić information content (AvgIpc) is 2.69. The van der Waals surface area contributed by atoms with Crippen molar-refractivity contribution in [3.63, 3.8) is 0 Å². The number of carbonyl (C=O) groups is 1. The monoisotopic (exact) mass is 426 g/mol. The van der Waals surface area contributed by atoms with E-state index in [0.29, 0.717) is 5.56 Å². The van der Waals surface area contributed by atoms with Gasteiger partial charge in [0.25, 0.3) is 0 Å². The van der Waals surface area contributed by atoms with Crippen LogP contribution in [0.4, 0.5) is 13.2 Å². The lowest BCUT2D eigenvalue weighted by Crippen LogP contribution is -3.12. The third-order valence-electron chi connectivity index (χ3n) is 4.60. The lowest BCUT2D eigenvalue weighted by molar-refractivity contribution is -0.884. The van der Waals surface area contributed by atoms with Gasteiger partial charge in [-0.3, -0.25) is 10.2 Å². The minimum atomic E-state index is -4.60. The van der Waals surface area contributed by atoms with Crippen molar-refractivity contribution in [1.29, 1.82) is 0 Å². The summed E-state index contributed by atoms with van der Waals surface area (Å²) in [7, 11) is 2.09. The highest BCUT2D eigenvalue weighted by Gasteiger charge is 2.34. The summed E-state index contributed by atoms with van der Waals surface area (Å²) >= 11 is 0.914. The molecule has 1 amide bonds. The van der Waals surface area contributed by atoms with E-state index in [-0.39, 0.29) is 16.8 Å². The minimum Gasteiger partial charge on any atom is -0.335 e. The van der Waals surface area contributed by atoms with Gasteiger partial charge >= 0.3 is 6.18 Å². The maximum absolute atomic E-state index is 13.3. The van der Waals surface area contributed by atoms with E-state index in [1.54, 1.807) is 37.3 Å². The number of carbonyl (C=O) groups excluding carboxylic acids is 1. The molecular weight excluding hydrogens is 403 g/mol. The number of nitrogens with zero attached hydrogens (tertiary/aromatic N) is 3. The summed E-state index contributed by atoms with van der Waals surface area (Å²) in [6, 6.07) is 9.52. The van der Waals surface area contributed by atoms with Gasteiger partial charge in [0.05, 0.1) is 44.2 Å². The number of benzene rings is 1. The van der Waals surface area contributed by atoms with Gasteiger partial charge in [-0.15, -0.1) is 0 Å². The molecular formula is C19H23F3N5OS+. The highest BCUT2D eigenvalue weighted by atomic mass is 32.2. The van der Waals surface area contributed by atoms with Crippen LogP contribution in [0.25, 0.3) is 11.3 Å². The molecule has 156 valence electrons. The first-order valence-corrected chi connectivity index (χ1v) is 10.2. The van der Waals surface area contributed by atoms with Crippen molar-refractivity contribution in [2.45, 2.75) is 23.5 Å². The maximum Gasteiger partial charge on any atom is 0.433 e. The van der Waals surface area contributed by atoms with Crippen LogP contribution in [0.1, 0.15) is 12.6 Å². The molecule has 1 aliphatic rings. The zero-order chi connectivity index (χ0) is 21.0. The van der Waals surface area contributed by atoms with E-state index in [1.807, 2.05) is 5.01 Å². The molecule has 0 radical (unpaired) electrons. The fourth-order valence-electron chi connectivity index (χ4n) is 2.84. The molecule has 0 unspecified atom stereocenters. The van der Waals surface area contributed by atoms with Gasteiger partial charge in [0.2, 0.25) is 5.91 Å². The molecule has 0 saturated carbocycles. The molecule has 1 atom stereocenters. The van der Waals surface area contributed by atoms with Crippen LogP contribution >= 0.6 is 11.8 Å². The number of alkyl halides is 3. The molecule has 1 saturated heterocycles. The molecule has 2 heterocycles. The van der Waals surface area contributed by atoms with Gasteiger partial charge in [-0.25, -0.2) is 15.0 Å². The fourth-order valence-corrected chi connectivity index (χ4v) is 3.62. The number of amides is 1. The summed E-state index contributed by atoms with van der Waals surface area (Å²) in [5.41, 5.74) is 2.53. The van der Waals surface area contributed by atoms with E-state index in [1.165, 1.54) is 4.90 Å². The Balaban J connectivity index is 1.76. The highest BCUT2D eigenvalue weighted by molar-refractivity contribution is 8.00. The molecule has 29 heavy (non-hydrogen) atoms. The lowest BCUT2D eigenvalue weighted by Gasteiger charge is -2.30. The van der Waals surface area contributed by atoms with Crippen LogP contribution < -0.4 is 10.3 Å². The smallest absolute Gasteiger partial charge is 0.335 e. The van der Waals surface area contributed by atoms with Crippen LogP contribution in [0.2, 0.25) is 0 Å². The summed E-state index contributed by atoms with van der Waals surface area (Å²) in [6.07, 6.45) is -4.60. The van der Waals surface area contributed by atoms with Crippen molar-refractivity contribution in [3.05, 3.63) is 42.1 Å². The third-order valence-corrected chi connectivity index (χ3v) is 5.56. The van der Waals surface area contributed by atoms with Crippen LogP contribution in [0.3, 0.4) is 0 Å². The van der Waals surface area contributed by atoms with E-state index < -0.39 is 17.1 Å². The standard InChI is InChI=1S/C19H22F3N5OS/c1-13(17(28)25-27-10-8-26(2)9-11-27)29-18-23-15(14-6-4-3-5-7-14)12-16(24-18)19(20,21)22/h3-7,12-13H,8-11H2,1-2H3,(H,25,28)/p+1/t13-/m0/s1. The van der Waals surface area contributed by atoms with Crippen LogP contribution in [-0.4, -0.2) is 59.4 Å². The van der Waals surface area contributed by atoms with Crippen molar-refractivity contribution in [1.82, 2.24) is 20.4 Å². The molecule has 3 rings (SSSR count). The second kappa shape index (κ2) is 9.10. The maximum atomic E-state index is 13.3. The lowest BCUT2D eigenvalue weighted by atomic mass is 10.1. The number of piperazine rings is 1. The number of quaternary nitrogens is 1. The molecule has 0 aliphatic carbocycles. The van der Waals surface area contributed by atoms with E-state index in [9.17, 15) is 18.0 Å². The first kappa shape index (κ1) is 21.5. The minimum absolute atomic E-state index is 0.0795. The largest absolute Gasteiger partial charge is 0.433 e. The SMILES string of the molecule is C[C@H](Sc1nc(-c2ccccc2)cc(C(F)(F)F)n1)C(=O)NN1CC[NH+](C)CC1. The Morgan fingerprint density at radius 3 is 2.48 bits per heavy atom. The predicted octanol–water partition coefficient (Wildman–Crippen LogP) is 1.50. The summed E-state index contributed by atoms with van der Waals surface area (Å²) < 4.78 is 39.9. The van der Waals surface area contributed by atoms with Gasteiger partial charge in [-0.2, -0.15) is 13.2 Å². The van der Waals surface area contributed by atoms with E-state index in [2.05, 4.69) is 22.4 Å². The fraction of sp³-hybridized carbons (Fsp3) is 0.421. The number of likely N-dealkylation sites (N-methyl/N-ethyl adjacent to an activating group) is 1. The molecule has 1 fully saturated rings. The number of hydrazine groups is 1. The normalized spacial score (nSPS) is 17.1. The van der Waals surface area contributed by atoms with Crippen molar-refractivity contribution in [2.24, 2.45) is 0 Å². The molecule has 0 spiro atoms. The highest BCUT2D eigenvalue weighted by Crippen LogP contribution is 2.32. The molecule has 1 aliphatic heterocycles. The Labute approximate surface area is 171 Å². The van der Waals surface area contributed by atoms with E-state index >= 15 is 0 Å². The summed E-state index contributed by atoms with van der Waals surface area (Å²) in [6.45, 7) is 4.92. The summed E-state index contributed by atoms with van der Waals surface area (Å²) in [5.74, 6) is -0.281. The Hall–Kier alpha value is -2.17. The molecule has 6 nitrogen and oxygen atoms in total. The Kier molecular flexibility index (Phi) is 6.76. The number of aromatic nitrogens is 2. The number of halogens is 3. The average molecular weight is 426 g/mol. The number of nitrogens with one attached hydrogen (secondary N) is 2. The van der Waals surface area contributed by atoms with Crippen LogP contribution in [0.15, 0.2) is 41.6 Å². The molecule has 10 heteroatoms. The number of hydrogen-bond acceptors (Lipinski definition) is 5. The number of hydrogen-bond donors (Lipinski definition) is 2.